The van der Waals surface area contributed by atoms with Crippen LogP contribution in [0.25, 0.3) is 0 Å². The van der Waals surface area contributed by atoms with Gasteiger partial charge in [0, 0.05) is 4.47 Å². The molecule has 5 nitrogen and oxygen atoms in total. The first-order chi connectivity index (χ1) is 10.1. The molecular weight excluding hydrogens is 438 g/mol. The van der Waals surface area contributed by atoms with Gasteiger partial charge in [0.1, 0.15) is 9.65 Å². The zero-order chi connectivity index (χ0) is 17.1. The molecule has 0 aliphatic rings. The Hall–Kier alpha value is -1.25. The number of sulfone groups is 1. The summed E-state index contributed by atoms with van der Waals surface area (Å²) in [6.45, 7) is 6.34. The molecule has 1 rings (SSSR count). The number of carbonyl (C=O) groups is 1. The highest BCUT2D eigenvalue weighted by Crippen LogP contribution is 2.23. The Kier molecular flexibility index (Phi) is 6.27. The van der Waals surface area contributed by atoms with E-state index in [1.165, 1.54) is 26.0 Å². The summed E-state index contributed by atoms with van der Waals surface area (Å²) in [4.78, 5) is 15.1. The molecule has 0 saturated carbocycles. The summed E-state index contributed by atoms with van der Waals surface area (Å²) in [7, 11) is -3.79. The summed E-state index contributed by atoms with van der Waals surface area (Å²) in [6.07, 6.45) is 0. The van der Waals surface area contributed by atoms with E-state index >= 15 is 0 Å². The molecule has 0 fully saturated rings. The normalized spacial score (nSPS) is 13.5. The summed E-state index contributed by atoms with van der Waals surface area (Å²) >= 11 is 6.23. The lowest BCUT2D eigenvalue weighted by Gasteiger charge is -2.06. The fourth-order valence-corrected chi connectivity index (χ4v) is 3.69. The van der Waals surface area contributed by atoms with Gasteiger partial charge in [0.15, 0.2) is 0 Å². The van der Waals surface area contributed by atoms with Gasteiger partial charge in [-0.25, -0.2) is 18.2 Å². The van der Waals surface area contributed by atoms with Crippen LogP contribution in [0.3, 0.4) is 0 Å². The van der Waals surface area contributed by atoms with E-state index in [2.05, 4.69) is 43.4 Å². The topological polar surface area (TPSA) is 83.8 Å². The summed E-state index contributed by atoms with van der Waals surface area (Å²) in [5.41, 5.74) is 0.0855. The van der Waals surface area contributed by atoms with Gasteiger partial charge in [-0.3, -0.25) is 0 Å². The van der Waals surface area contributed by atoms with E-state index in [0.29, 0.717) is 0 Å². The third-order valence-electron chi connectivity index (χ3n) is 2.62. The molecule has 1 aromatic rings. The van der Waals surface area contributed by atoms with E-state index in [1.54, 1.807) is 12.1 Å². The van der Waals surface area contributed by atoms with Crippen molar-refractivity contribution in [2.45, 2.75) is 18.7 Å². The summed E-state index contributed by atoms with van der Waals surface area (Å²) in [6, 6.07) is 6.07. The molecule has 0 amide bonds. The van der Waals surface area contributed by atoms with Crippen LogP contribution < -0.4 is 0 Å². The first-order valence-corrected chi connectivity index (χ1v) is 8.99. The minimum absolute atomic E-state index is 0.0736. The largest absolute Gasteiger partial charge is 0.478 e. The summed E-state index contributed by atoms with van der Waals surface area (Å²) < 4.78 is 25.4. The van der Waals surface area contributed by atoms with Crippen LogP contribution in [0.5, 0.6) is 0 Å². The number of aliphatic carboxylic acids is 1. The lowest BCUT2D eigenvalue weighted by molar-refractivity contribution is -0.132. The molecule has 118 valence electrons. The molecule has 0 aromatic heterocycles. The van der Waals surface area contributed by atoms with Gasteiger partial charge in [-0.05, 0) is 59.6 Å². The molecule has 0 atom stereocenters. The van der Waals surface area contributed by atoms with Crippen LogP contribution in [-0.2, 0) is 14.6 Å². The van der Waals surface area contributed by atoms with Crippen molar-refractivity contribution >= 4 is 52.7 Å². The van der Waals surface area contributed by atoms with Gasteiger partial charge in [-0.15, -0.1) is 0 Å². The molecule has 0 spiro atoms. The number of hydrogen-bond donors (Lipinski definition) is 1. The van der Waals surface area contributed by atoms with Crippen molar-refractivity contribution in [3.8, 4) is 0 Å². The van der Waals surface area contributed by atoms with E-state index < -0.39 is 15.8 Å². The van der Waals surface area contributed by atoms with Crippen LogP contribution in [-0.4, -0.2) is 24.5 Å². The SMILES string of the molecule is C=C(C)/C(C(=O)O)=C(Br)\N=C(/C)S(=O)(=O)c1ccc(Br)cc1. The fraction of sp³-hybridized carbons (Fsp3) is 0.143. The lowest BCUT2D eigenvalue weighted by Crippen LogP contribution is -2.12. The molecule has 0 heterocycles. The first-order valence-electron chi connectivity index (χ1n) is 5.92. The van der Waals surface area contributed by atoms with Gasteiger partial charge in [0.05, 0.1) is 10.5 Å². The number of carboxylic acid groups (broad SMARTS) is 1. The molecule has 22 heavy (non-hydrogen) atoms. The van der Waals surface area contributed by atoms with Gasteiger partial charge in [-0.1, -0.05) is 22.5 Å². The monoisotopic (exact) mass is 449 g/mol. The molecule has 0 aliphatic heterocycles. The molecule has 1 N–H and O–H groups in total. The van der Waals surface area contributed by atoms with Crippen LogP contribution in [0.15, 0.2) is 61.0 Å². The molecule has 0 saturated heterocycles. The Balaban J connectivity index is 3.37. The van der Waals surface area contributed by atoms with Crippen molar-refractivity contribution in [2.24, 2.45) is 4.99 Å². The Labute approximate surface area is 145 Å². The van der Waals surface area contributed by atoms with Crippen LogP contribution in [0.1, 0.15) is 13.8 Å². The molecule has 1 aromatic carbocycles. The van der Waals surface area contributed by atoms with E-state index in [9.17, 15) is 13.2 Å². The number of nitrogens with zero attached hydrogens (tertiary/aromatic N) is 1. The predicted octanol–water partition coefficient (Wildman–Crippen LogP) is 3.91. The van der Waals surface area contributed by atoms with Gasteiger partial charge < -0.3 is 5.11 Å². The van der Waals surface area contributed by atoms with Crippen LogP contribution in [0, 0.1) is 0 Å². The highest BCUT2D eigenvalue weighted by atomic mass is 79.9. The van der Waals surface area contributed by atoms with E-state index in [4.69, 9.17) is 5.11 Å². The van der Waals surface area contributed by atoms with Crippen LogP contribution in [0.2, 0.25) is 0 Å². The highest BCUT2D eigenvalue weighted by molar-refractivity contribution is 9.11. The maximum atomic E-state index is 12.4. The lowest BCUT2D eigenvalue weighted by atomic mass is 10.1. The van der Waals surface area contributed by atoms with Crippen molar-refractivity contribution in [3.63, 3.8) is 0 Å². The number of aliphatic imine (C=N–C) groups is 1. The van der Waals surface area contributed by atoms with Crippen LogP contribution in [0.4, 0.5) is 0 Å². The minimum atomic E-state index is -3.79. The van der Waals surface area contributed by atoms with E-state index in [0.717, 1.165) is 4.47 Å². The molecule has 8 heteroatoms. The summed E-state index contributed by atoms with van der Waals surface area (Å²) in [5, 5.41) is 8.88. The van der Waals surface area contributed by atoms with E-state index in [-0.39, 0.29) is 25.7 Å². The average Bonchev–Trinajstić information content (AvgIpc) is 2.37. The smallest absolute Gasteiger partial charge is 0.338 e. The second-order valence-corrected chi connectivity index (χ2v) is 8.08. The number of hydrogen-bond acceptors (Lipinski definition) is 4. The maximum absolute atomic E-state index is 12.4. The average molecular weight is 451 g/mol. The third-order valence-corrected chi connectivity index (χ3v) is 5.48. The maximum Gasteiger partial charge on any atom is 0.338 e. The zero-order valence-corrected chi connectivity index (χ0v) is 15.8. The number of carboxylic acids is 1. The van der Waals surface area contributed by atoms with Crippen LogP contribution >= 0.6 is 31.9 Å². The summed E-state index contributed by atoms with van der Waals surface area (Å²) in [5.74, 6) is -1.24. The quantitative estimate of drug-likeness (QED) is 0.248. The van der Waals surface area contributed by atoms with Gasteiger partial charge in [-0.2, -0.15) is 0 Å². The molecule has 0 bridgehead atoms. The van der Waals surface area contributed by atoms with Crippen molar-refractivity contribution in [2.75, 3.05) is 0 Å². The standard InChI is InChI=1S/C14H13Br2NO4S/c1-8(2)12(14(18)19)13(16)17-9(3)22(20,21)11-6-4-10(15)5-7-11/h4-7H,1H2,2-3H3,(H,18,19)/b13-12+,17-9+. The van der Waals surface area contributed by atoms with Crippen molar-refractivity contribution in [1.29, 1.82) is 0 Å². The molecule has 0 aliphatic carbocycles. The van der Waals surface area contributed by atoms with Gasteiger partial charge >= 0.3 is 5.97 Å². The third kappa shape index (κ3) is 4.37. The number of rotatable bonds is 4. The molecule has 0 radical (unpaired) electrons. The number of halogens is 2. The Morgan fingerprint density at radius 2 is 1.73 bits per heavy atom. The van der Waals surface area contributed by atoms with Crippen molar-refractivity contribution < 1.29 is 18.3 Å². The Morgan fingerprint density at radius 1 is 1.23 bits per heavy atom. The molecular formula is C14H13Br2NO4S. The fourth-order valence-electron chi connectivity index (χ4n) is 1.49. The Bertz CT molecular complexity index is 762. The first kappa shape index (κ1) is 18.8. The van der Waals surface area contributed by atoms with Crippen molar-refractivity contribution in [1.82, 2.24) is 0 Å². The van der Waals surface area contributed by atoms with Gasteiger partial charge in [0.2, 0.25) is 9.84 Å². The van der Waals surface area contributed by atoms with Crippen molar-refractivity contribution in [3.05, 3.63) is 51.1 Å². The second-order valence-electron chi connectivity index (χ2n) is 4.34. The number of benzene rings is 1. The second kappa shape index (κ2) is 7.34. The highest BCUT2D eigenvalue weighted by Gasteiger charge is 2.20. The zero-order valence-electron chi connectivity index (χ0n) is 11.8. The predicted molar refractivity (Wildman–Crippen MR) is 92.8 cm³/mol. The van der Waals surface area contributed by atoms with E-state index in [1.807, 2.05) is 0 Å². The Morgan fingerprint density at radius 3 is 2.14 bits per heavy atom. The molecule has 0 unspecified atom stereocenters. The van der Waals surface area contributed by atoms with Gasteiger partial charge in [0.25, 0.3) is 0 Å². The minimum Gasteiger partial charge on any atom is -0.478 e.